The molecule has 2 atom stereocenters. The van der Waals surface area contributed by atoms with Gasteiger partial charge >= 0.3 is 0 Å². The Kier molecular flexibility index (Phi) is 6.96. The number of carbonyl (C=O) groups is 2. The standard InChI is InChI=1S/C24H17Cl5N2O3/c1-11-6-16(32)3-5-19(11)31-22(33)17-10-15(2-4-18(17)27)30-23(34)21-20(24(21,28)29)12-7-13(25)9-14(26)8-12/h2-10,20-21,32H,1H3,(H,30,34)(H,31,33)/t20-,21+/m0/s1. The maximum atomic E-state index is 13.0. The molecule has 10 heteroatoms. The van der Waals surface area contributed by atoms with Gasteiger partial charge in [-0.25, -0.2) is 0 Å². The number of hydrogen-bond donors (Lipinski definition) is 3. The van der Waals surface area contributed by atoms with Crippen molar-refractivity contribution < 1.29 is 14.7 Å². The van der Waals surface area contributed by atoms with Gasteiger partial charge < -0.3 is 15.7 Å². The third-order valence-electron chi connectivity index (χ3n) is 5.52. The molecule has 0 heterocycles. The zero-order valence-corrected chi connectivity index (χ0v) is 21.3. The van der Waals surface area contributed by atoms with Gasteiger partial charge in [0, 0.05) is 27.3 Å². The molecule has 0 bridgehead atoms. The summed E-state index contributed by atoms with van der Waals surface area (Å²) in [5, 5.41) is 16.1. The number of aryl methyl sites for hydroxylation is 1. The van der Waals surface area contributed by atoms with E-state index in [9.17, 15) is 14.7 Å². The molecule has 34 heavy (non-hydrogen) atoms. The van der Waals surface area contributed by atoms with Gasteiger partial charge in [0.05, 0.1) is 16.5 Å². The largest absolute Gasteiger partial charge is 0.508 e. The third-order valence-corrected chi connectivity index (χ3v) is 7.22. The first-order chi connectivity index (χ1) is 16.0. The van der Waals surface area contributed by atoms with E-state index in [1.54, 1.807) is 37.3 Å². The van der Waals surface area contributed by atoms with Crippen LogP contribution in [0.15, 0.2) is 54.6 Å². The molecule has 0 unspecified atom stereocenters. The van der Waals surface area contributed by atoms with Crippen LogP contribution in [0.2, 0.25) is 15.1 Å². The molecule has 1 fully saturated rings. The number of phenols is 1. The van der Waals surface area contributed by atoms with E-state index in [2.05, 4.69) is 10.6 Å². The van der Waals surface area contributed by atoms with E-state index in [0.717, 1.165) is 0 Å². The maximum absolute atomic E-state index is 13.0. The number of alkyl halides is 2. The second-order valence-electron chi connectivity index (χ2n) is 7.97. The summed E-state index contributed by atoms with van der Waals surface area (Å²) in [5.41, 5.74) is 2.35. The Morgan fingerprint density at radius 1 is 0.912 bits per heavy atom. The van der Waals surface area contributed by atoms with E-state index in [1.165, 1.54) is 24.3 Å². The van der Waals surface area contributed by atoms with Crippen molar-refractivity contribution in [3.8, 4) is 5.75 Å². The van der Waals surface area contributed by atoms with E-state index >= 15 is 0 Å². The lowest BCUT2D eigenvalue weighted by molar-refractivity contribution is -0.117. The SMILES string of the molecule is Cc1cc(O)ccc1NC(=O)c1cc(NC(=O)[C@H]2[C@H](c3cc(Cl)cc(Cl)c3)C2(Cl)Cl)ccc1Cl. The summed E-state index contributed by atoms with van der Waals surface area (Å²) in [6, 6.07) is 14.0. The van der Waals surface area contributed by atoms with Crippen molar-refractivity contribution in [2.24, 2.45) is 5.92 Å². The minimum Gasteiger partial charge on any atom is -0.508 e. The van der Waals surface area contributed by atoms with Crippen LogP contribution in [0.3, 0.4) is 0 Å². The van der Waals surface area contributed by atoms with Crippen LogP contribution in [-0.4, -0.2) is 21.3 Å². The number of benzene rings is 3. The number of hydrogen-bond acceptors (Lipinski definition) is 3. The summed E-state index contributed by atoms with van der Waals surface area (Å²) in [7, 11) is 0. The van der Waals surface area contributed by atoms with Gasteiger partial charge in [-0.15, -0.1) is 23.2 Å². The molecular weight excluding hydrogens is 542 g/mol. The summed E-state index contributed by atoms with van der Waals surface area (Å²) in [6.07, 6.45) is 0. The van der Waals surface area contributed by atoms with Gasteiger partial charge in [0.1, 0.15) is 10.1 Å². The molecule has 3 aromatic rings. The topological polar surface area (TPSA) is 78.4 Å². The highest BCUT2D eigenvalue weighted by atomic mass is 35.5. The number of carbonyl (C=O) groups excluding carboxylic acids is 2. The Hall–Kier alpha value is -2.15. The van der Waals surface area contributed by atoms with E-state index in [0.29, 0.717) is 32.5 Å². The van der Waals surface area contributed by atoms with Gasteiger partial charge in [-0.05, 0) is 72.6 Å². The zero-order chi connectivity index (χ0) is 24.8. The normalized spacial score (nSPS) is 18.3. The van der Waals surface area contributed by atoms with E-state index < -0.39 is 28.0 Å². The number of phenolic OH excluding ortho intramolecular Hbond substituents is 1. The Balaban J connectivity index is 1.52. The molecular formula is C24H17Cl5N2O3. The van der Waals surface area contributed by atoms with Crippen molar-refractivity contribution in [2.75, 3.05) is 10.6 Å². The number of aromatic hydroxyl groups is 1. The fourth-order valence-electron chi connectivity index (χ4n) is 3.80. The third kappa shape index (κ3) is 5.09. The number of halogens is 5. The van der Waals surface area contributed by atoms with Crippen LogP contribution < -0.4 is 10.6 Å². The van der Waals surface area contributed by atoms with Gasteiger partial charge in [0.2, 0.25) is 5.91 Å². The van der Waals surface area contributed by atoms with Crippen molar-refractivity contribution in [1.82, 2.24) is 0 Å². The number of amides is 2. The van der Waals surface area contributed by atoms with Crippen molar-refractivity contribution in [2.45, 2.75) is 17.2 Å². The molecule has 0 aromatic heterocycles. The number of rotatable bonds is 5. The summed E-state index contributed by atoms with van der Waals surface area (Å²) >= 11 is 31.2. The molecule has 2 amide bonds. The monoisotopic (exact) mass is 556 g/mol. The molecule has 5 nitrogen and oxygen atoms in total. The Labute approximate surface area is 220 Å². The van der Waals surface area contributed by atoms with E-state index in [1.807, 2.05) is 0 Å². The van der Waals surface area contributed by atoms with Crippen molar-refractivity contribution in [1.29, 1.82) is 0 Å². The molecule has 176 valence electrons. The highest BCUT2D eigenvalue weighted by Gasteiger charge is 2.67. The van der Waals surface area contributed by atoms with Crippen LogP contribution in [0.5, 0.6) is 5.75 Å². The fraction of sp³-hybridized carbons (Fsp3) is 0.167. The van der Waals surface area contributed by atoms with E-state index in [-0.39, 0.29) is 16.3 Å². The van der Waals surface area contributed by atoms with Gasteiger partial charge in [0.25, 0.3) is 5.91 Å². The summed E-state index contributed by atoms with van der Waals surface area (Å²) in [5.74, 6) is -2.06. The maximum Gasteiger partial charge on any atom is 0.257 e. The zero-order valence-electron chi connectivity index (χ0n) is 17.5. The first-order valence-electron chi connectivity index (χ1n) is 10.0. The second kappa shape index (κ2) is 9.48. The van der Waals surface area contributed by atoms with Crippen LogP contribution in [0.4, 0.5) is 11.4 Å². The minimum atomic E-state index is -1.33. The predicted octanol–water partition coefficient (Wildman–Crippen LogP) is 7.44. The lowest BCUT2D eigenvalue weighted by Crippen LogP contribution is -2.18. The Morgan fingerprint density at radius 2 is 1.59 bits per heavy atom. The molecule has 4 rings (SSSR count). The second-order valence-corrected chi connectivity index (χ2v) is 10.7. The summed E-state index contributed by atoms with van der Waals surface area (Å²) in [4.78, 5) is 25.8. The molecule has 3 aromatic carbocycles. The molecule has 1 saturated carbocycles. The van der Waals surface area contributed by atoms with Gasteiger partial charge in [-0.1, -0.05) is 34.8 Å². The highest BCUT2D eigenvalue weighted by Crippen LogP contribution is 2.65. The molecule has 1 aliphatic carbocycles. The smallest absolute Gasteiger partial charge is 0.257 e. The van der Waals surface area contributed by atoms with Crippen LogP contribution in [-0.2, 0) is 4.79 Å². The van der Waals surface area contributed by atoms with Crippen LogP contribution in [0.1, 0.15) is 27.4 Å². The van der Waals surface area contributed by atoms with E-state index in [4.69, 9.17) is 58.0 Å². The van der Waals surface area contributed by atoms with Gasteiger partial charge in [-0.2, -0.15) is 0 Å². The van der Waals surface area contributed by atoms with Gasteiger partial charge in [0.15, 0.2) is 0 Å². The molecule has 0 saturated heterocycles. The molecule has 0 aliphatic heterocycles. The van der Waals surface area contributed by atoms with Crippen LogP contribution >= 0.6 is 58.0 Å². The van der Waals surface area contributed by atoms with Crippen LogP contribution in [0, 0.1) is 12.8 Å². The van der Waals surface area contributed by atoms with Crippen molar-refractivity contribution in [3.05, 3.63) is 86.4 Å². The summed E-state index contributed by atoms with van der Waals surface area (Å²) < 4.78 is -1.33. The van der Waals surface area contributed by atoms with Gasteiger partial charge in [-0.3, -0.25) is 9.59 Å². The first kappa shape index (κ1) is 25.0. The van der Waals surface area contributed by atoms with Crippen molar-refractivity contribution in [3.63, 3.8) is 0 Å². The number of nitrogens with one attached hydrogen (secondary N) is 2. The molecule has 1 aliphatic rings. The molecule has 3 N–H and O–H groups in total. The lowest BCUT2D eigenvalue weighted by atomic mass is 10.1. The predicted molar refractivity (Wildman–Crippen MR) is 138 cm³/mol. The Morgan fingerprint density at radius 3 is 2.24 bits per heavy atom. The lowest BCUT2D eigenvalue weighted by Gasteiger charge is -2.12. The van der Waals surface area contributed by atoms with Crippen LogP contribution in [0.25, 0.3) is 0 Å². The molecule has 0 radical (unpaired) electrons. The highest BCUT2D eigenvalue weighted by molar-refractivity contribution is 6.53. The molecule has 0 spiro atoms. The number of anilines is 2. The summed E-state index contributed by atoms with van der Waals surface area (Å²) in [6.45, 7) is 1.75. The van der Waals surface area contributed by atoms with Crippen molar-refractivity contribution >= 4 is 81.2 Å². The minimum absolute atomic E-state index is 0.0892. The Bertz CT molecular complexity index is 1290. The fourth-order valence-corrected chi connectivity index (χ4v) is 5.37. The first-order valence-corrected chi connectivity index (χ1v) is 11.9. The quantitative estimate of drug-likeness (QED) is 0.225. The average molecular weight is 559 g/mol. The average Bonchev–Trinajstić information content (AvgIpc) is 3.33.